The van der Waals surface area contributed by atoms with Gasteiger partial charge in [0, 0.05) is 28.6 Å². The van der Waals surface area contributed by atoms with Gasteiger partial charge < -0.3 is 5.32 Å². The van der Waals surface area contributed by atoms with Crippen molar-refractivity contribution < 1.29 is 9.59 Å². The number of ketones is 1. The van der Waals surface area contributed by atoms with Crippen LogP contribution in [0.25, 0.3) is 0 Å². The molecule has 1 unspecified atom stereocenters. The average Bonchev–Trinajstić information content (AvgIpc) is 2.58. The topological polar surface area (TPSA) is 46.2 Å². The van der Waals surface area contributed by atoms with Gasteiger partial charge in [-0.25, -0.2) is 0 Å². The Morgan fingerprint density at radius 3 is 2.61 bits per heavy atom. The molecule has 1 aliphatic carbocycles. The summed E-state index contributed by atoms with van der Waals surface area (Å²) in [6.45, 7) is 0. The van der Waals surface area contributed by atoms with E-state index in [1.165, 1.54) is 0 Å². The van der Waals surface area contributed by atoms with Gasteiger partial charge >= 0.3 is 0 Å². The molecule has 0 saturated heterocycles. The van der Waals surface area contributed by atoms with E-state index in [1.54, 1.807) is 30.3 Å². The molecule has 1 N–H and O–H groups in total. The first-order valence-electron chi connectivity index (χ1n) is 7.84. The van der Waals surface area contributed by atoms with Gasteiger partial charge in [-0.15, -0.1) is 0 Å². The van der Waals surface area contributed by atoms with Crippen LogP contribution in [0.5, 0.6) is 0 Å². The second kappa shape index (κ2) is 6.97. The van der Waals surface area contributed by atoms with Crippen molar-refractivity contribution in [2.24, 2.45) is 0 Å². The van der Waals surface area contributed by atoms with Crippen LogP contribution < -0.4 is 5.32 Å². The van der Waals surface area contributed by atoms with E-state index < -0.39 is 0 Å². The van der Waals surface area contributed by atoms with Gasteiger partial charge in [-0.3, -0.25) is 9.59 Å². The Bertz CT molecular complexity index is 727. The molecule has 1 fully saturated rings. The summed E-state index contributed by atoms with van der Waals surface area (Å²) in [5.74, 6) is -0.125. The molecular formula is C19H18ClNO2. The largest absolute Gasteiger partial charge is 0.322 e. The van der Waals surface area contributed by atoms with Gasteiger partial charge in [0.05, 0.1) is 0 Å². The van der Waals surface area contributed by atoms with Gasteiger partial charge in [0.25, 0.3) is 5.91 Å². The van der Waals surface area contributed by atoms with E-state index in [0.29, 0.717) is 22.7 Å². The normalized spacial score (nSPS) is 17.8. The highest BCUT2D eigenvalue weighted by Crippen LogP contribution is 2.36. The van der Waals surface area contributed by atoms with Crippen molar-refractivity contribution in [2.75, 3.05) is 5.32 Å². The minimum Gasteiger partial charge on any atom is -0.322 e. The highest BCUT2D eigenvalue weighted by atomic mass is 35.5. The zero-order valence-corrected chi connectivity index (χ0v) is 13.5. The van der Waals surface area contributed by atoms with Crippen molar-refractivity contribution in [3.05, 3.63) is 64.7 Å². The third-order valence-electron chi connectivity index (χ3n) is 4.23. The fraction of sp³-hybridized carbons (Fsp3) is 0.263. The van der Waals surface area contributed by atoms with Crippen LogP contribution in [0.15, 0.2) is 48.5 Å². The highest BCUT2D eigenvalue weighted by Gasteiger charge is 2.26. The van der Waals surface area contributed by atoms with Crippen molar-refractivity contribution in [1.82, 2.24) is 0 Å². The number of hydrogen-bond acceptors (Lipinski definition) is 2. The summed E-state index contributed by atoms with van der Waals surface area (Å²) in [4.78, 5) is 24.6. The third kappa shape index (κ3) is 3.62. The number of halogens is 1. The number of nitrogens with one attached hydrogen (secondary N) is 1. The first kappa shape index (κ1) is 15.8. The van der Waals surface area contributed by atoms with Gasteiger partial charge in [-0.1, -0.05) is 36.2 Å². The van der Waals surface area contributed by atoms with Crippen molar-refractivity contribution in [1.29, 1.82) is 0 Å². The molecule has 0 spiro atoms. The number of carbonyl (C=O) groups is 2. The number of amides is 1. The second-order valence-electron chi connectivity index (χ2n) is 5.82. The molecule has 1 saturated carbocycles. The maximum absolute atomic E-state index is 12.4. The van der Waals surface area contributed by atoms with Crippen molar-refractivity contribution in [3.8, 4) is 0 Å². The quantitative estimate of drug-likeness (QED) is 0.878. The lowest BCUT2D eigenvalue weighted by Gasteiger charge is -2.23. The monoisotopic (exact) mass is 327 g/mol. The Kier molecular flexibility index (Phi) is 4.77. The van der Waals surface area contributed by atoms with Crippen LogP contribution in [-0.4, -0.2) is 11.7 Å². The van der Waals surface area contributed by atoms with Gasteiger partial charge in [0.1, 0.15) is 5.78 Å². The van der Waals surface area contributed by atoms with Crippen LogP contribution in [0.4, 0.5) is 5.69 Å². The maximum Gasteiger partial charge on any atom is 0.255 e. The van der Waals surface area contributed by atoms with E-state index >= 15 is 0 Å². The highest BCUT2D eigenvalue weighted by molar-refractivity contribution is 6.30. The molecule has 1 atom stereocenters. The summed E-state index contributed by atoms with van der Waals surface area (Å²) < 4.78 is 0. The Hall–Kier alpha value is -2.13. The first-order chi connectivity index (χ1) is 11.1. The van der Waals surface area contributed by atoms with E-state index in [2.05, 4.69) is 5.32 Å². The molecule has 118 valence electrons. The fourth-order valence-corrected chi connectivity index (χ4v) is 3.21. The maximum atomic E-state index is 12.4. The predicted octanol–water partition coefficient (Wildman–Crippen LogP) is 4.82. The summed E-state index contributed by atoms with van der Waals surface area (Å²) in [5, 5.41) is 3.50. The van der Waals surface area contributed by atoms with Crippen LogP contribution in [0.3, 0.4) is 0 Å². The lowest BCUT2D eigenvalue weighted by Crippen LogP contribution is -2.20. The SMILES string of the molecule is O=C(Nc1ccc(Cl)cc1C1CCCCC1=O)c1ccccc1. The number of hydrogen-bond donors (Lipinski definition) is 1. The Morgan fingerprint density at radius 1 is 1.09 bits per heavy atom. The molecule has 0 aliphatic heterocycles. The average molecular weight is 328 g/mol. The fourth-order valence-electron chi connectivity index (χ4n) is 3.03. The Labute approximate surface area is 140 Å². The molecule has 0 aromatic heterocycles. The lowest BCUT2D eigenvalue weighted by atomic mass is 9.82. The molecule has 0 radical (unpaired) electrons. The number of benzene rings is 2. The van der Waals surface area contributed by atoms with Gasteiger partial charge in [0.2, 0.25) is 0 Å². The van der Waals surface area contributed by atoms with Crippen LogP contribution >= 0.6 is 11.6 Å². The third-order valence-corrected chi connectivity index (χ3v) is 4.46. The molecule has 1 aliphatic rings. The Balaban J connectivity index is 1.90. The van der Waals surface area contributed by atoms with E-state index in [4.69, 9.17) is 11.6 Å². The predicted molar refractivity (Wildman–Crippen MR) is 92.1 cm³/mol. The standard InChI is InChI=1S/C19H18ClNO2/c20-14-10-11-17(21-19(23)13-6-2-1-3-7-13)16(12-14)15-8-4-5-9-18(15)22/h1-3,6-7,10-12,15H,4-5,8-9H2,(H,21,23). The van der Waals surface area contributed by atoms with Crippen LogP contribution in [0, 0.1) is 0 Å². The summed E-state index contributed by atoms with van der Waals surface area (Å²) in [6.07, 6.45) is 3.38. The van der Waals surface area contributed by atoms with Crippen molar-refractivity contribution in [2.45, 2.75) is 31.6 Å². The van der Waals surface area contributed by atoms with Gasteiger partial charge in [0.15, 0.2) is 0 Å². The van der Waals surface area contributed by atoms with Crippen LogP contribution in [-0.2, 0) is 4.79 Å². The minimum atomic E-state index is -0.183. The molecule has 2 aromatic carbocycles. The molecular weight excluding hydrogens is 310 g/mol. The smallest absolute Gasteiger partial charge is 0.255 e. The summed E-state index contributed by atoms with van der Waals surface area (Å²) >= 11 is 6.11. The summed E-state index contributed by atoms with van der Waals surface area (Å²) in [7, 11) is 0. The zero-order chi connectivity index (χ0) is 16.2. The van der Waals surface area contributed by atoms with E-state index in [0.717, 1.165) is 24.8 Å². The second-order valence-corrected chi connectivity index (χ2v) is 6.25. The molecule has 2 aromatic rings. The zero-order valence-electron chi connectivity index (χ0n) is 12.7. The van der Waals surface area contributed by atoms with Gasteiger partial charge in [-0.2, -0.15) is 0 Å². The molecule has 0 bridgehead atoms. The molecule has 3 nitrogen and oxygen atoms in total. The molecule has 1 amide bonds. The van der Waals surface area contributed by atoms with Crippen molar-refractivity contribution in [3.63, 3.8) is 0 Å². The number of Topliss-reactive ketones (excluding diaryl/α,β-unsaturated/α-hetero) is 1. The van der Waals surface area contributed by atoms with E-state index in [9.17, 15) is 9.59 Å². The van der Waals surface area contributed by atoms with Crippen molar-refractivity contribution >= 4 is 29.0 Å². The first-order valence-corrected chi connectivity index (χ1v) is 8.21. The van der Waals surface area contributed by atoms with Crippen LogP contribution in [0.1, 0.15) is 47.5 Å². The number of anilines is 1. The lowest BCUT2D eigenvalue weighted by molar-refractivity contribution is -0.121. The molecule has 0 heterocycles. The summed E-state index contributed by atoms with van der Waals surface area (Å²) in [5.41, 5.74) is 2.08. The number of rotatable bonds is 3. The van der Waals surface area contributed by atoms with Crippen LogP contribution in [0.2, 0.25) is 5.02 Å². The van der Waals surface area contributed by atoms with E-state index in [-0.39, 0.29) is 17.6 Å². The molecule has 23 heavy (non-hydrogen) atoms. The molecule has 3 rings (SSSR count). The summed E-state index contributed by atoms with van der Waals surface area (Å²) in [6, 6.07) is 14.3. The van der Waals surface area contributed by atoms with E-state index in [1.807, 2.05) is 18.2 Å². The number of carbonyl (C=O) groups excluding carboxylic acids is 2. The van der Waals surface area contributed by atoms with Gasteiger partial charge in [-0.05, 0) is 48.7 Å². The minimum absolute atomic E-state index is 0.173. The Morgan fingerprint density at radius 2 is 1.87 bits per heavy atom. The molecule has 4 heteroatoms.